The normalized spacial score (nSPS) is 21.4. The lowest BCUT2D eigenvalue weighted by Gasteiger charge is -2.26. The van der Waals surface area contributed by atoms with E-state index in [4.69, 9.17) is 4.74 Å². The van der Waals surface area contributed by atoms with Crippen molar-refractivity contribution in [3.63, 3.8) is 0 Å². The van der Waals surface area contributed by atoms with Crippen LogP contribution in [0.3, 0.4) is 0 Å². The minimum Gasteiger partial charge on any atom is -0.489 e. The van der Waals surface area contributed by atoms with Crippen molar-refractivity contribution in [2.45, 2.75) is 37.8 Å². The van der Waals surface area contributed by atoms with E-state index in [1.54, 1.807) is 12.1 Å². The summed E-state index contributed by atoms with van der Waals surface area (Å²) in [4.78, 5) is 11.9. The van der Waals surface area contributed by atoms with Crippen molar-refractivity contribution in [1.82, 2.24) is 5.32 Å². The van der Waals surface area contributed by atoms with Gasteiger partial charge in [-0.1, -0.05) is 18.7 Å². The highest BCUT2D eigenvalue weighted by Gasteiger charge is 2.20. The molecule has 0 atom stereocenters. The second kappa shape index (κ2) is 7.69. The maximum atomic E-state index is 11.9. The number of nitrogens with one attached hydrogen (secondary N) is 2. The van der Waals surface area contributed by atoms with Crippen molar-refractivity contribution >= 4 is 11.7 Å². The summed E-state index contributed by atoms with van der Waals surface area (Å²) in [6, 6.07) is 7.14. The zero-order valence-corrected chi connectivity index (χ0v) is 12.0. The highest BCUT2D eigenvalue weighted by Crippen LogP contribution is 2.19. The highest BCUT2D eigenvalue weighted by molar-refractivity contribution is 5.89. The number of aliphatic hydroxyl groups is 1. The molecule has 1 aliphatic rings. The summed E-state index contributed by atoms with van der Waals surface area (Å²) in [6.07, 6.45) is 4.58. The van der Waals surface area contributed by atoms with E-state index in [1.165, 1.54) is 0 Å². The molecule has 1 fully saturated rings. The molecule has 0 aromatic heterocycles. The third kappa shape index (κ3) is 5.11. The first-order chi connectivity index (χ1) is 10.2. The van der Waals surface area contributed by atoms with Gasteiger partial charge in [0.15, 0.2) is 0 Å². The first kappa shape index (κ1) is 15.4. The molecule has 5 nitrogen and oxygen atoms in total. The molecule has 1 aromatic rings. The summed E-state index contributed by atoms with van der Waals surface area (Å²) in [5.74, 6) is 0.688. The van der Waals surface area contributed by atoms with Gasteiger partial charge in [0.1, 0.15) is 12.4 Å². The van der Waals surface area contributed by atoms with Crippen LogP contribution in [0.15, 0.2) is 36.9 Å². The molecule has 0 bridgehead atoms. The van der Waals surface area contributed by atoms with Crippen molar-refractivity contribution in [2.75, 3.05) is 11.9 Å². The topological polar surface area (TPSA) is 70.6 Å². The molecule has 0 heterocycles. The van der Waals surface area contributed by atoms with E-state index >= 15 is 0 Å². The Morgan fingerprint density at radius 3 is 2.86 bits per heavy atom. The fraction of sp³-hybridized carbons (Fsp3) is 0.438. The molecule has 0 radical (unpaired) electrons. The number of anilines is 1. The number of rotatable bonds is 5. The maximum Gasteiger partial charge on any atom is 0.319 e. The molecule has 21 heavy (non-hydrogen) atoms. The number of hydrogen-bond donors (Lipinski definition) is 3. The third-order valence-electron chi connectivity index (χ3n) is 3.49. The minimum atomic E-state index is -0.225. The molecule has 0 aliphatic heterocycles. The van der Waals surface area contributed by atoms with Gasteiger partial charge in [0.25, 0.3) is 0 Å². The highest BCUT2D eigenvalue weighted by atomic mass is 16.5. The van der Waals surface area contributed by atoms with E-state index in [0.29, 0.717) is 18.0 Å². The van der Waals surface area contributed by atoms with Crippen molar-refractivity contribution < 1.29 is 14.6 Å². The molecule has 0 saturated heterocycles. The summed E-state index contributed by atoms with van der Waals surface area (Å²) in [5, 5.41) is 15.2. The van der Waals surface area contributed by atoms with E-state index in [9.17, 15) is 9.90 Å². The zero-order chi connectivity index (χ0) is 15.1. The van der Waals surface area contributed by atoms with E-state index in [1.807, 2.05) is 18.2 Å². The van der Waals surface area contributed by atoms with Crippen LogP contribution in [-0.2, 0) is 0 Å². The van der Waals surface area contributed by atoms with Crippen LogP contribution in [0, 0.1) is 0 Å². The predicted molar refractivity (Wildman–Crippen MR) is 82.6 cm³/mol. The molecule has 1 aliphatic carbocycles. The summed E-state index contributed by atoms with van der Waals surface area (Å²) in [6.45, 7) is 4.02. The molecule has 3 N–H and O–H groups in total. The van der Waals surface area contributed by atoms with Crippen molar-refractivity contribution in [3.8, 4) is 5.75 Å². The Labute approximate surface area is 125 Å². The molecule has 0 unspecified atom stereocenters. The van der Waals surface area contributed by atoms with Crippen LogP contribution in [0.25, 0.3) is 0 Å². The van der Waals surface area contributed by atoms with Crippen LogP contribution in [0.1, 0.15) is 25.7 Å². The Kier molecular flexibility index (Phi) is 5.63. The lowest BCUT2D eigenvalue weighted by molar-refractivity contribution is 0.118. The summed E-state index contributed by atoms with van der Waals surface area (Å²) in [5.41, 5.74) is 0.685. The number of hydrogen-bond acceptors (Lipinski definition) is 3. The Balaban J connectivity index is 1.83. The maximum absolute atomic E-state index is 11.9. The summed E-state index contributed by atoms with van der Waals surface area (Å²) in [7, 11) is 0. The van der Waals surface area contributed by atoms with Crippen LogP contribution in [0.2, 0.25) is 0 Å². The van der Waals surface area contributed by atoms with Gasteiger partial charge in [-0.3, -0.25) is 0 Å². The molecule has 1 aromatic carbocycles. The van der Waals surface area contributed by atoms with Gasteiger partial charge in [-0.15, -0.1) is 0 Å². The first-order valence-corrected chi connectivity index (χ1v) is 7.26. The third-order valence-corrected chi connectivity index (χ3v) is 3.49. The Hall–Kier alpha value is -2.01. The van der Waals surface area contributed by atoms with Gasteiger partial charge < -0.3 is 20.5 Å². The lowest BCUT2D eigenvalue weighted by atomic mass is 9.93. The van der Waals surface area contributed by atoms with Crippen LogP contribution in [0.5, 0.6) is 5.75 Å². The molecule has 1 saturated carbocycles. The quantitative estimate of drug-likeness (QED) is 0.730. The number of amides is 2. The monoisotopic (exact) mass is 290 g/mol. The van der Waals surface area contributed by atoms with E-state index < -0.39 is 0 Å². The fourth-order valence-corrected chi connectivity index (χ4v) is 2.39. The predicted octanol–water partition coefficient (Wildman–Crippen LogP) is 2.68. The molecular weight excluding hydrogens is 268 g/mol. The molecule has 114 valence electrons. The largest absolute Gasteiger partial charge is 0.489 e. The number of aliphatic hydroxyl groups excluding tert-OH is 1. The van der Waals surface area contributed by atoms with Gasteiger partial charge in [0.05, 0.1) is 6.10 Å². The average molecular weight is 290 g/mol. The van der Waals surface area contributed by atoms with Crippen LogP contribution >= 0.6 is 0 Å². The summed E-state index contributed by atoms with van der Waals surface area (Å²) >= 11 is 0. The fourth-order valence-electron chi connectivity index (χ4n) is 2.39. The Morgan fingerprint density at radius 1 is 1.38 bits per heavy atom. The van der Waals surface area contributed by atoms with Crippen LogP contribution in [0.4, 0.5) is 10.5 Å². The zero-order valence-electron chi connectivity index (χ0n) is 12.0. The lowest BCUT2D eigenvalue weighted by Crippen LogP contribution is -2.40. The Morgan fingerprint density at radius 2 is 2.14 bits per heavy atom. The van der Waals surface area contributed by atoms with Crippen LogP contribution < -0.4 is 15.4 Å². The average Bonchev–Trinajstić information content (AvgIpc) is 2.48. The summed E-state index contributed by atoms with van der Waals surface area (Å²) < 4.78 is 5.42. The standard InChI is InChI=1S/C16H22N2O3/c1-2-10-21-15-5-3-4-13(11-15)18-16(20)17-12-6-8-14(19)9-7-12/h2-5,11-12,14,19H,1,6-10H2,(H2,17,18,20). The first-order valence-electron chi connectivity index (χ1n) is 7.26. The van der Waals surface area contributed by atoms with E-state index in [2.05, 4.69) is 17.2 Å². The van der Waals surface area contributed by atoms with Gasteiger partial charge in [-0.25, -0.2) is 4.79 Å². The second-order valence-electron chi connectivity index (χ2n) is 5.23. The molecule has 2 rings (SSSR count). The van der Waals surface area contributed by atoms with Gasteiger partial charge in [-0.2, -0.15) is 0 Å². The second-order valence-corrected chi connectivity index (χ2v) is 5.23. The minimum absolute atomic E-state index is 0.133. The number of urea groups is 1. The van der Waals surface area contributed by atoms with Gasteiger partial charge >= 0.3 is 6.03 Å². The smallest absolute Gasteiger partial charge is 0.319 e. The van der Waals surface area contributed by atoms with E-state index in [-0.39, 0.29) is 18.2 Å². The van der Waals surface area contributed by atoms with Crippen LogP contribution in [-0.4, -0.2) is 29.9 Å². The number of ether oxygens (including phenoxy) is 1. The van der Waals surface area contributed by atoms with Gasteiger partial charge in [0, 0.05) is 17.8 Å². The van der Waals surface area contributed by atoms with Crippen molar-refractivity contribution in [3.05, 3.63) is 36.9 Å². The molecule has 0 spiro atoms. The molecule has 5 heteroatoms. The van der Waals surface area contributed by atoms with Gasteiger partial charge in [-0.05, 0) is 37.8 Å². The molecular formula is C16H22N2O3. The molecule has 2 amide bonds. The van der Waals surface area contributed by atoms with Crippen molar-refractivity contribution in [2.24, 2.45) is 0 Å². The van der Waals surface area contributed by atoms with Crippen molar-refractivity contribution in [1.29, 1.82) is 0 Å². The number of benzene rings is 1. The number of carbonyl (C=O) groups is 1. The SMILES string of the molecule is C=CCOc1cccc(NC(=O)NC2CCC(O)CC2)c1. The number of carbonyl (C=O) groups excluding carboxylic acids is 1. The van der Waals surface area contributed by atoms with Gasteiger partial charge in [0.2, 0.25) is 0 Å². The van der Waals surface area contributed by atoms with E-state index in [0.717, 1.165) is 25.7 Å². The Bertz CT molecular complexity index is 482.